The van der Waals surface area contributed by atoms with Crippen molar-refractivity contribution in [1.29, 1.82) is 0 Å². The van der Waals surface area contributed by atoms with E-state index < -0.39 is 6.10 Å². The molecule has 0 fully saturated rings. The van der Waals surface area contributed by atoms with Gasteiger partial charge in [0.1, 0.15) is 13.2 Å². The number of carbonyl (C=O) groups is 3. The van der Waals surface area contributed by atoms with Crippen molar-refractivity contribution in [2.75, 3.05) is 13.2 Å². The molecule has 82 heavy (non-hydrogen) atoms. The topological polar surface area (TPSA) is 78.9 Å². The Morgan fingerprint density at radius 2 is 0.439 bits per heavy atom. The third-order valence-electron chi connectivity index (χ3n) is 17.2. The van der Waals surface area contributed by atoms with Gasteiger partial charge in [-0.1, -0.05) is 379 Å². The predicted octanol–water partition coefficient (Wildman–Crippen LogP) is 25.7. The molecule has 0 aromatic rings. The summed E-state index contributed by atoms with van der Waals surface area (Å²) in [5.74, 6) is -0.826. The van der Waals surface area contributed by atoms with Gasteiger partial charge in [0.25, 0.3) is 0 Å². The monoisotopic (exact) mass is 1150 g/mol. The lowest BCUT2D eigenvalue weighted by Crippen LogP contribution is -2.30. The first kappa shape index (κ1) is 79.9. The van der Waals surface area contributed by atoms with Crippen LogP contribution >= 0.6 is 0 Å². The molecule has 0 aliphatic rings. The van der Waals surface area contributed by atoms with Crippen molar-refractivity contribution in [3.05, 3.63) is 24.3 Å². The zero-order valence-electron chi connectivity index (χ0n) is 55.8. The Kier molecular flexibility index (Phi) is 69.5. The molecular formula is C76H144O6. The lowest BCUT2D eigenvalue weighted by atomic mass is 10.0. The first-order valence-electron chi connectivity index (χ1n) is 37.3. The first-order valence-corrected chi connectivity index (χ1v) is 37.3. The minimum Gasteiger partial charge on any atom is -0.462 e. The molecule has 0 amide bonds. The number of hydrogen-bond acceptors (Lipinski definition) is 6. The summed E-state index contributed by atoms with van der Waals surface area (Å²) in [6.45, 7) is 6.72. The van der Waals surface area contributed by atoms with Crippen LogP contribution in [0.5, 0.6) is 0 Å². The van der Waals surface area contributed by atoms with Crippen LogP contribution in [0.2, 0.25) is 0 Å². The Bertz CT molecular complexity index is 1320. The highest BCUT2D eigenvalue weighted by Crippen LogP contribution is 2.19. The molecule has 0 saturated heterocycles. The maximum atomic E-state index is 13.0. The van der Waals surface area contributed by atoms with Crippen LogP contribution in [0.1, 0.15) is 425 Å². The summed E-state index contributed by atoms with van der Waals surface area (Å²) in [5, 5.41) is 0. The van der Waals surface area contributed by atoms with Crippen LogP contribution in [0, 0.1) is 0 Å². The lowest BCUT2D eigenvalue weighted by Gasteiger charge is -2.18. The SMILES string of the molecule is CCCCCCC/C=C\C/C=C\CCCCCCCCCCCCCCCCCCCCCC(=O)OCC(COC(=O)CCCCCCCCCCCCCC)OC(=O)CCCCCCCCCCCCCCCCCCCCCCC. The quantitative estimate of drug-likeness (QED) is 0.0261. The molecule has 6 nitrogen and oxygen atoms in total. The number of hydrogen-bond donors (Lipinski definition) is 0. The zero-order valence-corrected chi connectivity index (χ0v) is 55.8. The number of unbranched alkanes of at least 4 members (excludes halogenated alkanes) is 55. The van der Waals surface area contributed by atoms with E-state index in [4.69, 9.17) is 14.2 Å². The fourth-order valence-corrected chi connectivity index (χ4v) is 11.6. The summed E-state index contributed by atoms with van der Waals surface area (Å²) in [7, 11) is 0. The molecule has 0 bridgehead atoms. The normalized spacial score (nSPS) is 12.1. The Morgan fingerprint density at radius 3 is 0.671 bits per heavy atom. The van der Waals surface area contributed by atoms with Crippen LogP contribution in [-0.2, 0) is 28.6 Å². The van der Waals surface area contributed by atoms with Crippen molar-refractivity contribution in [3.8, 4) is 0 Å². The second-order valence-electron chi connectivity index (χ2n) is 25.6. The van der Waals surface area contributed by atoms with Gasteiger partial charge < -0.3 is 14.2 Å². The second kappa shape index (κ2) is 71.4. The molecule has 1 unspecified atom stereocenters. The van der Waals surface area contributed by atoms with E-state index in [-0.39, 0.29) is 31.1 Å². The number of ether oxygens (including phenoxy) is 3. The van der Waals surface area contributed by atoms with Crippen molar-refractivity contribution in [2.24, 2.45) is 0 Å². The number of allylic oxidation sites excluding steroid dienone is 4. The van der Waals surface area contributed by atoms with Crippen molar-refractivity contribution < 1.29 is 28.6 Å². The fraction of sp³-hybridized carbons (Fsp3) is 0.908. The molecule has 0 radical (unpaired) electrons. The third kappa shape index (κ3) is 68.7. The zero-order chi connectivity index (χ0) is 59.2. The highest BCUT2D eigenvalue weighted by atomic mass is 16.6. The third-order valence-corrected chi connectivity index (χ3v) is 17.2. The summed E-state index contributed by atoms with van der Waals surface area (Å²) in [5.41, 5.74) is 0. The van der Waals surface area contributed by atoms with Crippen molar-refractivity contribution in [1.82, 2.24) is 0 Å². The van der Waals surface area contributed by atoms with Crippen LogP contribution in [0.4, 0.5) is 0 Å². The van der Waals surface area contributed by atoms with Crippen LogP contribution in [-0.4, -0.2) is 37.2 Å². The molecule has 0 heterocycles. The standard InChI is InChI=1S/C76H144O6/c1-4-7-10-13-16-19-22-25-27-29-31-33-34-35-36-37-38-39-40-41-42-44-45-47-49-51-54-57-60-63-66-69-75(78)81-72-73(71-80-74(77)68-65-62-59-56-53-24-21-18-15-12-9-6-3)82-76(79)70-67-64-61-58-55-52-50-48-46-43-32-30-28-26-23-20-17-14-11-8-5-2/h22,25,29,31,73H,4-21,23-24,26-28,30,32-72H2,1-3H3/b25-22-,31-29-. The summed E-state index contributed by atoms with van der Waals surface area (Å²) in [4.78, 5) is 38.4. The Balaban J connectivity index is 4.12. The predicted molar refractivity (Wildman–Crippen MR) is 358 cm³/mol. The van der Waals surface area contributed by atoms with Gasteiger partial charge in [0.05, 0.1) is 0 Å². The number of esters is 3. The number of rotatable bonds is 70. The molecule has 0 aliphatic carbocycles. The molecule has 6 heteroatoms. The average molecular weight is 1150 g/mol. The van der Waals surface area contributed by atoms with Crippen molar-refractivity contribution in [2.45, 2.75) is 431 Å². The van der Waals surface area contributed by atoms with Gasteiger partial charge in [0.2, 0.25) is 0 Å². The molecule has 0 aromatic carbocycles. The van der Waals surface area contributed by atoms with Gasteiger partial charge in [0.15, 0.2) is 6.10 Å². The maximum absolute atomic E-state index is 13.0. The molecule has 484 valence electrons. The Labute approximate surface area is 513 Å². The summed E-state index contributed by atoms with van der Waals surface area (Å²) >= 11 is 0. The molecule has 0 saturated carbocycles. The van der Waals surface area contributed by atoms with Crippen molar-refractivity contribution in [3.63, 3.8) is 0 Å². The van der Waals surface area contributed by atoms with Gasteiger partial charge >= 0.3 is 17.9 Å². The van der Waals surface area contributed by atoms with Crippen LogP contribution in [0.15, 0.2) is 24.3 Å². The average Bonchev–Trinajstić information content (AvgIpc) is 3.47. The van der Waals surface area contributed by atoms with E-state index in [0.29, 0.717) is 19.3 Å². The maximum Gasteiger partial charge on any atom is 0.306 e. The minimum atomic E-state index is -0.766. The summed E-state index contributed by atoms with van der Waals surface area (Å²) in [6.07, 6.45) is 88.0. The molecule has 0 spiro atoms. The van der Waals surface area contributed by atoms with Crippen LogP contribution in [0.25, 0.3) is 0 Å². The highest BCUT2D eigenvalue weighted by Gasteiger charge is 2.20. The van der Waals surface area contributed by atoms with E-state index in [1.54, 1.807) is 0 Å². The van der Waals surface area contributed by atoms with Crippen LogP contribution < -0.4 is 0 Å². The molecule has 1 atom stereocenters. The first-order chi connectivity index (χ1) is 40.5. The summed E-state index contributed by atoms with van der Waals surface area (Å²) in [6, 6.07) is 0. The van der Waals surface area contributed by atoms with Gasteiger partial charge in [-0.15, -0.1) is 0 Å². The second-order valence-corrected chi connectivity index (χ2v) is 25.6. The Morgan fingerprint density at radius 1 is 0.244 bits per heavy atom. The fourth-order valence-electron chi connectivity index (χ4n) is 11.6. The number of carbonyl (C=O) groups excluding carboxylic acids is 3. The van der Waals surface area contributed by atoms with E-state index in [2.05, 4.69) is 45.1 Å². The van der Waals surface area contributed by atoms with Crippen molar-refractivity contribution >= 4 is 17.9 Å². The van der Waals surface area contributed by atoms with E-state index in [9.17, 15) is 14.4 Å². The summed E-state index contributed by atoms with van der Waals surface area (Å²) < 4.78 is 17.0. The van der Waals surface area contributed by atoms with Gasteiger partial charge in [-0.3, -0.25) is 14.4 Å². The van der Waals surface area contributed by atoms with Gasteiger partial charge in [0, 0.05) is 19.3 Å². The van der Waals surface area contributed by atoms with Gasteiger partial charge in [-0.2, -0.15) is 0 Å². The molecule has 0 N–H and O–H groups in total. The minimum absolute atomic E-state index is 0.0628. The van der Waals surface area contributed by atoms with Crippen LogP contribution in [0.3, 0.4) is 0 Å². The van der Waals surface area contributed by atoms with E-state index in [1.807, 2.05) is 0 Å². The Hall–Kier alpha value is -2.11. The smallest absolute Gasteiger partial charge is 0.306 e. The highest BCUT2D eigenvalue weighted by molar-refractivity contribution is 5.71. The molecule has 0 aromatic heterocycles. The van der Waals surface area contributed by atoms with Gasteiger partial charge in [-0.05, 0) is 51.4 Å². The lowest BCUT2D eigenvalue weighted by molar-refractivity contribution is -0.167. The van der Waals surface area contributed by atoms with E-state index in [0.717, 1.165) is 64.2 Å². The van der Waals surface area contributed by atoms with Gasteiger partial charge in [-0.25, -0.2) is 0 Å². The largest absolute Gasteiger partial charge is 0.462 e. The molecule has 0 aliphatic heterocycles. The van der Waals surface area contributed by atoms with E-state index in [1.165, 1.54) is 321 Å². The molecule has 0 rings (SSSR count). The molecular weight excluding hydrogens is 1010 g/mol. The van der Waals surface area contributed by atoms with E-state index >= 15 is 0 Å².